The van der Waals surface area contributed by atoms with Gasteiger partial charge in [-0.25, -0.2) is 0 Å². The lowest BCUT2D eigenvalue weighted by Gasteiger charge is -2.26. The Balaban J connectivity index is 2.37. The number of hydrogen-bond acceptors (Lipinski definition) is 0. The molecule has 0 amide bonds. The van der Waals surface area contributed by atoms with Crippen molar-refractivity contribution in [2.45, 2.75) is 52.4 Å². The van der Waals surface area contributed by atoms with Crippen molar-refractivity contribution in [3.8, 4) is 0 Å². The molecule has 0 nitrogen and oxygen atoms in total. The van der Waals surface area contributed by atoms with Crippen LogP contribution >= 0.6 is 0 Å². The molecule has 0 saturated carbocycles. The number of hydrogen-bond donors (Lipinski definition) is 0. The summed E-state index contributed by atoms with van der Waals surface area (Å²) in [6.45, 7) is 8.54. The Labute approximate surface area is 94.8 Å². The summed E-state index contributed by atoms with van der Waals surface area (Å²) in [4.78, 5) is 0. The fourth-order valence-corrected chi connectivity index (χ4v) is 2.23. The molecule has 0 aromatic carbocycles. The summed E-state index contributed by atoms with van der Waals surface area (Å²) < 4.78 is 0. The minimum Gasteiger partial charge on any atom is -0.103 e. The molecular weight excluding hydrogens is 180 g/mol. The van der Waals surface area contributed by atoms with E-state index in [1.54, 1.807) is 5.57 Å². The highest BCUT2D eigenvalue weighted by Crippen LogP contribution is 2.33. The molecular formula is C15H24. The summed E-state index contributed by atoms with van der Waals surface area (Å²) in [7, 11) is 0. The number of allylic oxidation sites excluding steroid dienone is 5. The molecule has 0 aliphatic heterocycles. The van der Waals surface area contributed by atoms with Gasteiger partial charge in [0.2, 0.25) is 0 Å². The maximum atomic E-state index is 3.78. The lowest BCUT2D eigenvalue weighted by molar-refractivity contribution is 0.320. The number of rotatable bonds is 6. The third-order valence-corrected chi connectivity index (χ3v) is 3.07. The molecule has 0 saturated heterocycles. The summed E-state index contributed by atoms with van der Waals surface area (Å²) in [6, 6.07) is 0. The topological polar surface area (TPSA) is 0 Å². The standard InChI is InChI=1S/C15H24/c1-4-5-9-12-15(2,3)13-14-10-7-6-8-11-14/h4,6-7,10H,1,5,8-9,11-13H2,2-3H3. The molecule has 0 bridgehead atoms. The molecule has 0 radical (unpaired) electrons. The summed E-state index contributed by atoms with van der Waals surface area (Å²) in [5.41, 5.74) is 2.08. The Morgan fingerprint density at radius 3 is 2.87 bits per heavy atom. The average molecular weight is 204 g/mol. The van der Waals surface area contributed by atoms with Crippen molar-refractivity contribution in [1.29, 1.82) is 0 Å². The zero-order chi connectivity index (χ0) is 11.1. The van der Waals surface area contributed by atoms with Crippen LogP contribution < -0.4 is 0 Å². The molecule has 84 valence electrons. The van der Waals surface area contributed by atoms with Crippen LogP contribution in [0.1, 0.15) is 52.4 Å². The monoisotopic (exact) mass is 204 g/mol. The van der Waals surface area contributed by atoms with Gasteiger partial charge in [-0.1, -0.05) is 43.7 Å². The van der Waals surface area contributed by atoms with Gasteiger partial charge in [-0.05, 0) is 43.9 Å². The summed E-state index contributed by atoms with van der Waals surface area (Å²) >= 11 is 0. The van der Waals surface area contributed by atoms with E-state index in [9.17, 15) is 0 Å². The lowest BCUT2D eigenvalue weighted by Crippen LogP contribution is -2.12. The maximum absolute atomic E-state index is 3.78. The summed E-state index contributed by atoms with van der Waals surface area (Å²) in [6.07, 6.45) is 16.3. The first kappa shape index (κ1) is 12.3. The van der Waals surface area contributed by atoms with E-state index in [0.29, 0.717) is 5.41 Å². The largest absolute Gasteiger partial charge is 0.103 e. The van der Waals surface area contributed by atoms with Gasteiger partial charge in [0.25, 0.3) is 0 Å². The molecule has 0 spiro atoms. The Bertz CT molecular complexity index is 253. The zero-order valence-corrected chi connectivity index (χ0v) is 10.3. The molecule has 0 N–H and O–H groups in total. The maximum Gasteiger partial charge on any atom is -0.0265 e. The molecule has 0 atom stereocenters. The van der Waals surface area contributed by atoms with E-state index in [-0.39, 0.29) is 0 Å². The molecule has 0 aromatic heterocycles. The van der Waals surface area contributed by atoms with E-state index in [4.69, 9.17) is 0 Å². The van der Waals surface area contributed by atoms with Crippen LogP contribution in [0.2, 0.25) is 0 Å². The fourth-order valence-electron chi connectivity index (χ4n) is 2.23. The second kappa shape index (κ2) is 5.95. The predicted molar refractivity (Wildman–Crippen MR) is 68.9 cm³/mol. The summed E-state index contributed by atoms with van der Waals surface area (Å²) in [5, 5.41) is 0. The second-order valence-electron chi connectivity index (χ2n) is 5.31. The van der Waals surface area contributed by atoms with Crippen molar-refractivity contribution < 1.29 is 0 Å². The smallest absolute Gasteiger partial charge is 0.0265 e. The predicted octanol–water partition coefficient (Wildman–Crippen LogP) is 5.04. The van der Waals surface area contributed by atoms with E-state index in [1.165, 1.54) is 32.1 Å². The molecule has 15 heavy (non-hydrogen) atoms. The van der Waals surface area contributed by atoms with Crippen molar-refractivity contribution in [2.75, 3.05) is 0 Å². The van der Waals surface area contributed by atoms with Crippen molar-refractivity contribution in [2.24, 2.45) is 5.41 Å². The Hall–Kier alpha value is -0.780. The Morgan fingerprint density at radius 1 is 1.47 bits per heavy atom. The zero-order valence-electron chi connectivity index (χ0n) is 10.3. The lowest BCUT2D eigenvalue weighted by atomic mass is 9.79. The van der Waals surface area contributed by atoms with Crippen molar-refractivity contribution in [3.63, 3.8) is 0 Å². The molecule has 1 aliphatic rings. The molecule has 0 heterocycles. The molecule has 0 aromatic rings. The van der Waals surface area contributed by atoms with Crippen LogP contribution in [0.3, 0.4) is 0 Å². The van der Waals surface area contributed by atoms with Crippen LogP contribution in [0.5, 0.6) is 0 Å². The third kappa shape index (κ3) is 5.01. The van der Waals surface area contributed by atoms with Gasteiger partial charge in [-0.2, -0.15) is 0 Å². The van der Waals surface area contributed by atoms with Crippen LogP contribution in [0.15, 0.2) is 36.5 Å². The molecule has 0 unspecified atom stereocenters. The van der Waals surface area contributed by atoms with Gasteiger partial charge in [-0.3, -0.25) is 0 Å². The van der Waals surface area contributed by atoms with Crippen LogP contribution in [0, 0.1) is 5.41 Å². The first-order valence-corrected chi connectivity index (χ1v) is 6.09. The quantitative estimate of drug-likeness (QED) is 0.420. The molecule has 1 aliphatic carbocycles. The SMILES string of the molecule is C=CCCCC(C)(C)CC1=CC=CCC1. The van der Waals surface area contributed by atoms with E-state index in [2.05, 4.69) is 38.7 Å². The highest BCUT2D eigenvalue weighted by molar-refractivity contribution is 5.18. The van der Waals surface area contributed by atoms with Crippen LogP contribution in [-0.4, -0.2) is 0 Å². The Morgan fingerprint density at radius 2 is 2.27 bits per heavy atom. The molecule has 0 fully saturated rings. The van der Waals surface area contributed by atoms with Gasteiger partial charge in [-0.15, -0.1) is 6.58 Å². The van der Waals surface area contributed by atoms with Gasteiger partial charge >= 0.3 is 0 Å². The minimum atomic E-state index is 0.458. The molecule has 1 rings (SSSR count). The Kier molecular flexibility index (Phi) is 4.87. The van der Waals surface area contributed by atoms with Gasteiger partial charge in [0.15, 0.2) is 0 Å². The van der Waals surface area contributed by atoms with Crippen LogP contribution in [0.4, 0.5) is 0 Å². The third-order valence-electron chi connectivity index (χ3n) is 3.07. The van der Waals surface area contributed by atoms with Gasteiger partial charge < -0.3 is 0 Å². The highest BCUT2D eigenvalue weighted by Gasteiger charge is 2.19. The first-order chi connectivity index (χ1) is 7.14. The van der Waals surface area contributed by atoms with E-state index >= 15 is 0 Å². The van der Waals surface area contributed by atoms with Gasteiger partial charge in [0.05, 0.1) is 0 Å². The van der Waals surface area contributed by atoms with Gasteiger partial charge in [0, 0.05) is 0 Å². The fraction of sp³-hybridized carbons (Fsp3) is 0.600. The van der Waals surface area contributed by atoms with Crippen LogP contribution in [0.25, 0.3) is 0 Å². The van der Waals surface area contributed by atoms with Crippen LogP contribution in [-0.2, 0) is 0 Å². The van der Waals surface area contributed by atoms with Crippen molar-refractivity contribution in [3.05, 3.63) is 36.5 Å². The van der Waals surface area contributed by atoms with Crippen molar-refractivity contribution >= 4 is 0 Å². The highest BCUT2D eigenvalue weighted by atomic mass is 14.2. The van der Waals surface area contributed by atoms with E-state index in [0.717, 1.165) is 6.42 Å². The first-order valence-electron chi connectivity index (χ1n) is 6.09. The van der Waals surface area contributed by atoms with Gasteiger partial charge in [0.1, 0.15) is 0 Å². The summed E-state index contributed by atoms with van der Waals surface area (Å²) in [5.74, 6) is 0. The normalized spacial score (nSPS) is 16.3. The minimum absolute atomic E-state index is 0.458. The second-order valence-corrected chi connectivity index (χ2v) is 5.31. The van der Waals surface area contributed by atoms with E-state index < -0.39 is 0 Å². The number of unbranched alkanes of at least 4 members (excludes halogenated alkanes) is 1. The van der Waals surface area contributed by atoms with E-state index in [1.807, 2.05) is 6.08 Å². The van der Waals surface area contributed by atoms with Crippen molar-refractivity contribution in [1.82, 2.24) is 0 Å². The molecule has 0 heteroatoms. The average Bonchev–Trinajstić information content (AvgIpc) is 2.18.